The van der Waals surface area contributed by atoms with Gasteiger partial charge in [-0.1, -0.05) is 12.1 Å². The van der Waals surface area contributed by atoms with Crippen LogP contribution in [0.5, 0.6) is 0 Å². The largest absolute Gasteiger partial charge is 0.395 e. The predicted octanol–water partition coefficient (Wildman–Crippen LogP) is 2.17. The number of rotatable bonds is 4. The van der Waals surface area contributed by atoms with E-state index in [1.165, 1.54) is 18.4 Å². The highest BCUT2D eigenvalue weighted by Gasteiger charge is 2.19. The molecule has 1 atom stereocenters. The fourth-order valence-electron chi connectivity index (χ4n) is 1.84. The first-order valence-electron chi connectivity index (χ1n) is 5.50. The highest BCUT2D eigenvalue weighted by Crippen LogP contribution is 2.27. The molecule has 0 amide bonds. The Bertz CT molecular complexity index is 324. The SMILES string of the molecule is C[C@H](CO)SCc1noc2c1CCCC2. The molecule has 1 heterocycles. The fourth-order valence-corrected chi connectivity index (χ4v) is 2.61. The molecule has 0 radical (unpaired) electrons. The van der Waals surface area contributed by atoms with Crippen LogP contribution in [0.3, 0.4) is 0 Å². The Morgan fingerprint density at radius 1 is 1.47 bits per heavy atom. The van der Waals surface area contributed by atoms with E-state index in [1.54, 1.807) is 11.8 Å². The highest BCUT2D eigenvalue weighted by atomic mass is 32.2. The average molecular weight is 227 g/mol. The van der Waals surface area contributed by atoms with Crippen LogP contribution in [0.15, 0.2) is 4.52 Å². The molecule has 15 heavy (non-hydrogen) atoms. The number of hydrogen-bond acceptors (Lipinski definition) is 4. The molecule has 1 aliphatic carbocycles. The molecule has 0 unspecified atom stereocenters. The standard InChI is InChI=1S/C11H17NO2S/c1-8(6-13)15-7-10-9-4-2-3-5-11(9)14-12-10/h8,13H,2-7H2,1H3/t8-/m1/s1. The zero-order valence-corrected chi connectivity index (χ0v) is 9.85. The predicted molar refractivity (Wildman–Crippen MR) is 61.0 cm³/mol. The van der Waals surface area contributed by atoms with E-state index in [9.17, 15) is 0 Å². The molecule has 0 spiro atoms. The zero-order chi connectivity index (χ0) is 10.7. The molecule has 0 saturated carbocycles. The summed E-state index contributed by atoms with van der Waals surface area (Å²) >= 11 is 1.73. The Balaban J connectivity index is 1.99. The van der Waals surface area contributed by atoms with Crippen LogP contribution >= 0.6 is 11.8 Å². The second-order valence-corrected chi connectivity index (χ2v) is 5.47. The number of aliphatic hydroxyl groups is 1. The first kappa shape index (κ1) is 11.0. The molecule has 3 nitrogen and oxygen atoms in total. The second-order valence-electron chi connectivity index (χ2n) is 4.04. The van der Waals surface area contributed by atoms with Crippen molar-refractivity contribution in [1.82, 2.24) is 5.16 Å². The Kier molecular flexibility index (Phi) is 3.70. The Labute approximate surface area is 94.2 Å². The van der Waals surface area contributed by atoms with Gasteiger partial charge in [0.25, 0.3) is 0 Å². The molecule has 4 heteroatoms. The summed E-state index contributed by atoms with van der Waals surface area (Å²) in [5.74, 6) is 1.95. The second kappa shape index (κ2) is 5.03. The van der Waals surface area contributed by atoms with Crippen molar-refractivity contribution in [2.45, 2.75) is 43.6 Å². The molecule has 2 rings (SSSR count). The minimum absolute atomic E-state index is 0.227. The maximum absolute atomic E-state index is 8.94. The lowest BCUT2D eigenvalue weighted by Gasteiger charge is -2.10. The van der Waals surface area contributed by atoms with Gasteiger partial charge in [-0.05, 0) is 19.3 Å². The third-order valence-electron chi connectivity index (χ3n) is 2.79. The van der Waals surface area contributed by atoms with Crippen molar-refractivity contribution in [2.75, 3.05) is 6.61 Å². The number of fused-ring (bicyclic) bond motifs is 1. The summed E-state index contributed by atoms with van der Waals surface area (Å²) in [4.78, 5) is 0. The molecule has 0 aromatic carbocycles. The Hall–Kier alpha value is -0.480. The van der Waals surface area contributed by atoms with Crippen molar-refractivity contribution in [3.8, 4) is 0 Å². The average Bonchev–Trinajstić information content (AvgIpc) is 2.69. The van der Waals surface area contributed by atoms with Crippen molar-refractivity contribution in [3.63, 3.8) is 0 Å². The van der Waals surface area contributed by atoms with Gasteiger partial charge in [-0.3, -0.25) is 0 Å². The normalized spacial score (nSPS) is 17.5. The third kappa shape index (κ3) is 2.55. The minimum Gasteiger partial charge on any atom is -0.395 e. The first-order valence-corrected chi connectivity index (χ1v) is 6.55. The highest BCUT2D eigenvalue weighted by molar-refractivity contribution is 7.99. The van der Waals surface area contributed by atoms with Crippen molar-refractivity contribution in [3.05, 3.63) is 17.0 Å². The molecular formula is C11H17NO2S. The van der Waals surface area contributed by atoms with Crippen LogP contribution in [0.25, 0.3) is 0 Å². The van der Waals surface area contributed by atoms with Crippen LogP contribution in [0, 0.1) is 0 Å². The van der Waals surface area contributed by atoms with Crippen LogP contribution in [-0.2, 0) is 18.6 Å². The van der Waals surface area contributed by atoms with Crippen LogP contribution in [0.2, 0.25) is 0 Å². The summed E-state index contributed by atoms with van der Waals surface area (Å²) in [5.41, 5.74) is 2.42. The van der Waals surface area contributed by atoms with E-state index in [2.05, 4.69) is 5.16 Å². The van der Waals surface area contributed by atoms with Crippen LogP contribution in [-0.4, -0.2) is 22.1 Å². The molecule has 0 bridgehead atoms. The number of aliphatic hydroxyl groups excluding tert-OH is 1. The number of aromatic nitrogens is 1. The number of hydrogen-bond donors (Lipinski definition) is 1. The van der Waals surface area contributed by atoms with E-state index in [0.29, 0.717) is 0 Å². The van der Waals surface area contributed by atoms with E-state index in [-0.39, 0.29) is 11.9 Å². The maximum Gasteiger partial charge on any atom is 0.140 e. The molecule has 84 valence electrons. The smallest absolute Gasteiger partial charge is 0.140 e. The van der Waals surface area contributed by atoms with Gasteiger partial charge in [0.1, 0.15) is 5.76 Å². The van der Waals surface area contributed by atoms with E-state index in [1.807, 2.05) is 6.92 Å². The molecular weight excluding hydrogens is 210 g/mol. The number of nitrogens with zero attached hydrogens (tertiary/aromatic N) is 1. The van der Waals surface area contributed by atoms with Crippen molar-refractivity contribution >= 4 is 11.8 Å². The van der Waals surface area contributed by atoms with E-state index < -0.39 is 0 Å². The van der Waals surface area contributed by atoms with Gasteiger partial charge in [0, 0.05) is 23.0 Å². The van der Waals surface area contributed by atoms with Crippen LogP contribution in [0.1, 0.15) is 36.8 Å². The first-order chi connectivity index (χ1) is 7.31. The summed E-state index contributed by atoms with van der Waals surface area (Å²) < 4.78 is 5.33. The van der Waals surface area contributed by atoms with E-state index >= 15 is 0 Å². The minimum atomic E-state index is 0.227. The maximum atomic E-state index is 8.94. The quantitative estimate of drug-likeness (QED) is 0.856. The Morgan fingerprint density at radius 3 is 3.07 bits per heavy atom. The molecule has 1 N–H and O–H groups in total. The lowest BCUT2D eigenvalue weighted by atomic mass is 9.97. The summed E-state index contributed by atoms with van der Waals surface area (Å²) in [7, 11) is 0. The molecule has 0 aliphatic heterocycles. The summed E-state index contributed by atoms with van der Waals surface area (Å²) in [5, 5.41) is 13.3. The summed E-state index contributed by atoms with van der Waals surface area (Å²) in [6.07, 6.45) is 4.63. The molecule has 0 saturated heterocycles. The van der Waals surface area contributed by atoms with Crippen LogP contribution < -0.4 is 0 Å². The fraction of sp³-hybridized carbons (Fsp3) is 0.727. The Morgan fingerprint density at radius 2 is 2.27 bits per heavy atom. The van der Waals surface area contributed by atoms with E-state index in [0.717, 1.165) is 30.0 Å². The zero-order valence-electron chi connectivity index (χ0n) is 9.03. The van der Waals surface area contributed by atoms with Gasteiger partial charge in [-0.25, -0.2) is 0 Å². The molecule has 1 aromatic rings. The lowest BCUT2D eigenvalue weighted by Crippen LogP contribution is -2.05. The van der Waals surface area contributed by atoms with Crippen LogP contribution in [0.4, 0.5) is 0 Å². The number of thioether (sulfide) groups is 1. The molecule has 1 aromatic heterocycles. The molecule has 0 fully saturated rings. The lowest BCUT2D eigenvalue weighted by molar-refractivity contribution is 0.300. The number of aryl methyl sites for hydroxylation is 1. The topological polar surface area (TPSA) is 46.3 Å². The van der Waals surface area contributed by atoms with Gasteiger partial charge in [0.05, 0.1) is 12.3 Å². The third-order valence-corrected chi connectivity index (χ3v) is 3.95. The molecule has 1 aliphatic rings. The van der Waals surface area contributed by atoms with Gasteiger partial charge >= 0.3 is 0 Å². The van der Waals surface area contributed by atoms with Crippen molar-refractivity contribution < 1.29 is 9.63 Å². The van der Waals surface area contributed by atoms with Crippen molar-refractivity contribution in [2.24, 2.45) is 0 Å². The van der Waals surface area contributed by atoms with E-state index in [4.69, 9.17) is 9.63 Å². The summed E-state index contributed by atoms with van der Waals surface area (Å²) in [6, 6.07) is 0. The summed E-state index contributed by atoms with van der Waals surface area (Å²) in [6.45, 7) is 2.25. The van der Waals surface area contributed by atoms with Gasteiger partial charge < -0.3 is 9.63 Å². The van der Waals surface area contributed by atoms with Gasteiger partial charge in [0.2, 0.25) is 0 Å². The monoisotopic (exact) mass is 227 g/mol. The van der Waals surface area contributed by atoms with Gasteiger partial charge in [0.15, 0.2) is 0 Å². The van der Waals surface area contributed by atoms with Crippen molar-refractivity contribution in [1.29, 1.82) is 0 Å². The van der Waals surface area contributed by atoms with Gasteiger partial charge in [-0.15, -0.1) is 11.8 Å². The van der Waals surface area contributed by atoms with Gasteiger partial charge in [-0.2, -0.15) is 0 Å².